The highest BCUT2D eigenvalue weighted by molar-refractivity contribution is 5.85. The molecule has 0 spiro atoms. The van der Waals surface area contributed by atoms with Crippen molar-refractivity contribution in [1.29, 1.82) is 0 Å². The molecule has 1 atom stereocenters. The molecule has 0 aromatic rings. The minimum Gasteiger partial charge on any atom is -0.365 e. The monoisotopic (exact) mass is 254 g/mol. The molecule has 4 heteroatoms. The molecule has 1 unspecified atom stereocenters. The first-order valence-corrected chi connectivity index (χ1v) is 7.30. The Morgan fingerprint density at radius 3 is 2.72 bits per heavy atom. The molecule has 2 aliphatic heterocycles. The van der Waals surface area contributed by atoms with Crippen molar-refractivity contribution < 1.29 is 9.53 Å². The van der Waals surface area contributed by atoms with Crippen LogP contribution in [-0.2, 0) is 9.53 Å². The standard InChI is InChI=1S/C14H26N2O2/c1-3-15-11-12-5-8-16(9-6-12)13(17)14(2)7-4-10-18-14/h12,15H,3-11H2,1-2H3. The summed E-state index contributed by atoms with van der Waals surface area (Å²) >= 11 is 0. The predicted octanol–water partition coefficient (Wildman–Crippen LogP) is 1.40. The normalized spacial score (nSPS) is 29.8. The van der Waals surface area contributed by atoms with E-state index >= 15 is 0 Å². The summed E-state index contributed by atoms with van der Waals surface area (Å²) in [5.41, 5.74) is -0.533. The summed E-state index contributed by atoms with van der Waals surface area (Å²) < 4.78 is 5.64. The van der Waals surface area contributed by atoms with Crippen LogP contribution in [0.25, 0.3) is 0 Å². The van der Waals surface area contributed by atoms with Crippen LogP contribution >= 0.6 is 0 Å². The molecular weight excluding hydrogens is 228 g/mol. The lowest BCUT2D eigenvalue weighted by atomic mass is 9.94. The number of amides is 1. The molecule has 2 saturated heterocycles. The van der Waals surface area contributed by atoms with Crippen LogP contribution < -0.4 is 5.32 Å². The van der Waals surface area contributed by atoms with Crippen molar-refractivity contribution >= 4 is 5.91 Å². The lowest BCUT2D eigenvalue weighted by molar-refractivity contribution is -0.152. The first-order chi connectivity index (χ1) is 8.65. The smallest absolute Gasteiger partial charge is 0.254 e. The van der Waals surface area contributed by atoms with E-state index in [0.29, 0.717) is 0 Å². The van der Waals surface area contributed by atoms with Gasteiger partial charge in [0.1, 0.15) is 5.60 Å². The quantitative estimate of drug-likeness (QED) is 0.824. The summed E-state index contributed by atoms with van der Waals surface area (Å²) in [5.74, 6) is 0.938. The molecule has 0 saturated carbocycles. The maximum absolute atomic E-state index is 12.4. The van der Waals surface area contributed by atoms with E-state index in [1.165, 1.54) is 0 Å². The minimum absolute atomic E-state index is 0.210. The average molecular weight is 254 g/mol. The Morgan fingerprint density at radius 1 is 1.44 bits per heavy atom. The number of nitrogens with one attached hydrogen (secondary N) is 1. The number of carbonyl (C=O) groups excluding carboxylic acids is 1. The van der Waals surface area contributed by atoms with Crippen LogP contribution in [-0.4, -0.2) is 49.2 Å². The van der Waals surface area contributed by atoms with Gasteiger partial charge in [0.2, 0.25) is 0 Å². The molecule has 0 aromatic heterocycles. The molecule has 0 aliphatic carbocycles. The molecule has 18 heavy (non-hydrogen) atoms. The van der Waals surface area contributed by atoms with Crippen molar-refractivity contribution in [3.63, 3.8) is 0 Å². The molecule has 1 N–H and O–H groups in total. The fourth-order valence-electron chi connectivity index (χ4n) is 2.97. The van der Waals surface area contributed by atoms with E-state index in [0.717, 1.165) is 64.4 Å². The molecule has 104 valence electrons. The Kier molecular flexibility index (Phi) is 4.62. The van der Waals surface area contributed by atoms with Gasteiger partial charge in [0.25, 0.3) is 5.91 Å². The third-order valence-corrected chi connectivity index (χ3v) is 4.26. The summed E-state index contributed by atoms with van der Waals surface area (Å²) in [7, 11) is 0. The third-order valence-electron chi connectivity index (χ3n) is 4.26. The lowest BCUT2D eigenvalue weighted by Gasteiger charge is -2.36. The molecule has 2 rings (SSSR count). The lowest BCUT2D eigenvalue weighted by Crippen LogP contribution is -2.50. The van der Waals surface area contributed by atoms with Gasteiger partial charge in [-0.1, -0.05) is 6.92 Å². The van der Waals surface area contributed by atoms with Gasteiger partial charge in [-0.2, -0.15) is 0 Å². The van der Waals surface area contributed by atoms with Gasteiger partial charge in [-0.15, -0.1) is 0 Å². The largest absolute Gasteiger partial charge is 0.365 e. The number of hydrogen-bond acceptors (Lipinski definition) is 3. The number of carbonyl (C=O) groups is 1. The van der Waals surface area contributed by atoms with Gasteiger partial charge in [-0.3, -0.25) is 4.79 Å². The van der Waals surface area contributed by atoms with Crippen molar-refractivity contribution in [2.24, 2.45) is 5.92 Å². The van der Waals surface area contributed by atoms with Crippen LogP contribution in [0.1, 0.15) is 39.5 Å². The third kappa shape index (κ3) is 3.04. The van der Waals surface area contributed by atoms with E-state index < -0.39 is 5.60 Å². The number of rotatable bonds is 4. The number of nitrogens with zero attached hydrogens (tertiary/aromatic N) is 1. The first-order valence-electron chi connectivity index (χ1n) is 7.30. The second-order valence-corrected chi connectivity index (χ2v) is 5.73. The predicted molar refractivity (Wildman–Crippen MR) is 71.4 cm³/mol. The Hall–Kier alpha value is -0.610. The van der Waals surface area contributed by atoms with Crippen LogP contribution in [0.15, 0.2) is 0 Å². The van der Waals surface area contributed by atoms with Gasteiger partial charge in [-0.25, -0.2) is 0 Å². The van der Waals surface area contributed by atoms with Crippen LogP contribution in [0.4, 0.5) is 0 Å². The molecule has 0 radical (unpaired) electrons. The fourth-order valence-corrected chi connectivity index (χ4v) is 2.97. The zero-order valence-corrected chi connectivity index (χ0v) is 11.7. The van der Waals surface area contributed by atoms with Crippen LogP contribution in [0.2, 0.25) is 0 Å². The van der Waals surface area contributed by atoms with E-state index in [9.17, 15) is 4.79 Å². The maximum Gasteiger partial charge on any atom is 0.254 e. The minimum atomic E-state index is -0.533. The zero-order valence-electron chi connectivity index (χ0n) is 11.7. The molecular formula is C14H26N2O2. The van der Waals surface area contributed by atoms with Gasteiger partial charge < -0.3 is 15.0 Å². The fraction of sp³-hybridized carbons (Fsp3) is 0.929. The second-order valence-electron chi connectivity index (χ2n) is 5.73. The van der Waals surface area contributed by atoms with Crippen molar-refractivity contribution in [2.45, 2.75) is 45.1 Å². The van der Waals surface area contributed by atoms with E-state index in [1.807, 2.05) is 11.8 Å². The van der Waals surface area contributed by atoms with E-state index in [2.05, 4.69) is 12.2 Å². The topological polar surface area (TPSA) is 41.6 Å². The molecule has 4 nitrogen and oxygen atoms in total. The summed E-state index contributed by atoms with van der Waals surface area (Å²) in [6, 6.07) is 0. The van der Waals surface area contributed by atoms with Crippen molar-refractivity contribution in [1.82, 2.24) is 10.2 Å². The molecule has 0 aromatic carbocycles. The van der Waals surface area contributed by atoms with Gasteiger partial charge in [-0.05, 0) is 51.6 Å². The van der Waals surface area contributed by atoms with Gasteiger partial charge in [0.15, 0.2) is 0 Å². The molecule has 2 fully saturated rings. The number of piperidine rings is 1. The van der Waals surface area contributed by atoms with Gasteiger partial charge in [0.05, 0.1) is 0 Å². The number of ether oxygens (including phenoxy) is 1. The molecule has 0 bridgehead atoms. The summed E-state index contributed by atoms with van der Waals surface area (Å²) in [6.07, 6.45) is 4.13. The highest BCUT2D eigenvalue weighted by Crippen LogP contribution is 2.29. The second kappa shape index (κ2) is 6.02. The summed E-state index contributed by atoms with van der Waals surface area (Å²) in [4.78, 5) is 14.4. The van der Waals surface area contributed by atoms with Crippen molar-refractivity contribution in [2.75, 3.05) is 32.8 Å². The van der Waals surface area contributed by atoms with Gasteiger partial charge in [0, 0.05) is 19.7 Å². The molecule has 2 aliphatic rings. The van der Waals surface area contributed by atoms with E-state index in [1.54, 1.807) is 0 Å². The Balaban J connectivity index is 1.80. The van der Waals surface area contributed by atoms with Crippen molar-refractivity contribution in [3.8, 4) is 0 Å². The Morgan fingerprint density at radius 2 is 2.17 bits per heavy atom. The summed E-state index contributed by atoms with van der Waals surface area (Å²) in [5, 5.41) is 3.40. The molecule has 1 amide bonds. The van der Waals surface area contributed by atoms with Gasteiger partial charge >= 0.3 is 0 Å². The van der Waals surface area contributed by atoms with E-state index in [-0.39, 0.29) is 5.91 Å². The van der Waals surface area contributed by atoms with Crippen LogP contribution in [0, 0.1) is 5.92 Å². The Labute approximate surface area is 110 Å². The molecule has 2 heterocycles. The highest BCUT2D eigenvalue weighted by Gasteiger charge is 2.41. The Bertz CT molecular complexity index is 280. The first kappa shape index (κ1) is 13.8. The van der Waals surface area contributed by atoms with Crippen LogP contribution in [0.3, 0.4) is 0 Å². The number of likely N-dealkylation sites (tertiary alicyclic amines) is 1. The van der Waals surface area contributed by atoms with E-state index in [4.69, 9.17) is 4.74 Å². The van der Waals surface area contributed by atoms with Crippen LogP contribution in [0.5, 0.6) is 0 Å². The SMILES string of the molecule is CCNCC1CCN(C(=O)C2(C)CCCO2)CC1. The summed E-state index contributed by atoms with van der Waals surface area (Å²) in [6.45, 7) is 8.74. The zero-order chi connectivity index (χ0) is 13.0. The average Bonchev–Trinajstić information content (AvgIpc) is 2.84. The van der Waals surface area contributed by atoms with Crippen molar-refractivity contribution in [3.05, 3.63) is 0 Å². The number of hydrogen-bond donors (Lipinski definition) is 1. The maximum atomic E-state index is 12.4. The highest BCUT2D eigenvalue weighted by atomic mass is 16.5.